The second kappa shape index (κ2) is 6.70. The topological polar surface area (TPSA) is 48.6 Å². The Kier molecular flexibility index (Phi) is 5.24. The smallest absolute Gasteiger partial charge is 0.169 e. The van der Waals surface area contributed by atoms with Crippen LogP contribution in [0.4, 0.5) is 0 Å². The monoisotopic (exact) mass is 316 g/mol. The summed E-state index contributed by atoms with van der Waals surface area (Å²) in [5.74, 6) is 0.938. The van der Waals surface area contributed by atoms with Crippen molar-refractivity contribution in [1.29, 1.82) is 0 Å². The molecule has 1 fully saturated rings. The lowest BCUT2D eigenvalue weighted by molar-refractivity contribution is 0.134. The maximum absolute atomic E-state index is 9.21. The van der Waals surface area contributed by atoms with Crippen LogP contribution in [0.5, 0.6) is 0 Å². The van der Waals surface area contributed by atoms with E-state index in [4.69, 9.17) is 4.42 Å². The Morgan fingerprint density at radius 2 is 2.44 bits per heavy atom. The summed E-state index contributed by atoms with van der Waals surface area (Å²) in [6.07, 6.45) is 2.47. The first-order chi connectivity index (χ1) is 8.70. The minimum Gasteiger partial charge on any atom is -0.453 e. The van der Waals surface area contributed by atoms with Crippen molar-refractivity contribution in [3.63, 3.8) is 0 Å². The Morgan fingerprint density at radius 1 is 1.61 bits per heavy atom. The average Bonchev–Trinajstić information content (AvgIpc) is 2.99. The molecule has 4 nitrogen and oxygen atoms in total. The predicted octanol–water partition coefficient (Wildman–Crippen LogP) is 2.15. The van der Waals surface area contributed by atoms with Crippen molar-refractivity contribution in [2.24, 2.45) is 0 Å². The zero-order valence-corrected chi connectivity index (χ0v) is 12.3. The van der Waals surface area contributed by atoms with Crippen molar-refractivity contribution in [2.45, 2.75) is 31.8 Å². The standard InChI is InChI=1S/C13H21BrN2O2/c1-10(12-4-5-13(14)18-12)16(7-8-17)9-11-3-2-6-15-11/h4-5,10-11,15,17H,2-3,6-9H2,1H3. The molecule has 1 aromatic rings. The van der Waals surface area contributed by atoms with Gasteiger partial charge in [-0.1, -0.05) is 0 Å². The fourth-order valence-electron chi connectivity index (χ4n) is 2.50. The van der Waals surface area contributed by atoms with Crippen LogP contribution >= 0.6 is 15.9 Å². The summed E-state index contributed by atoms with van der Waals surface area (Å²) in [5, 5.41) is 12.7. The average molecular weight is 317 g/mol. The van der Waals surface area contributed by atoms with Crippen molar-refractivity contribution >= 4 is 15.9 Å². The molecule has 0 aromatic carbocycles. The number of nitrogens with zero attached hydrogens (tertiary/aromatic N) is 1. The third kappa shape index (κ3) is 3.57. The second-order valence-corrected chi connectivity index (χ2v) is 5.61. The molecule has 5 heteroatoms. The molecule has 1 aliphatic heterocycles. The number of rotatable bonds is 6. The number of hydrogen-bond acceptors (Lipinski definition) is 4. The highest BCUT2D eigenvalue weighted by atomic mass is 79.9. The van der Waals surface area contributed by atoms with Gasteiger partial charge in [0.15, 0.2) is 4.67 Å². The van der Waals surface area contributed by atoms with E-state index in [9.17, 15) is 5.11 Å². The van der Waals surface area contributed by atoms with Crippen LogP contribution in [-0.2, 0) is 0 Å². The van der Waals surface area contributed by atoms with Gasteiger partial charge in [0, 0.05) is 19.1 Å². The Hall–Kier alpha value is -0.360. The van der Waals surface area contributed by atoms with Crippen molar-refractivity contribution in [2.75, 3.05) is 26.2 Å². The summed E-state index contributed by atoms with van der Waals surface area (Å²) >= 11 is 3.33. The van der Waals surface area contributed by atoms with Gasteiger partial charge in [0.1, 0.15) is 5.76 Å². The molecule has 18 heavy (non-hydrogen) atoms. The summed E-state index contributed by atoms with van der Waals surface area (Å²) in [4.78, 5) is 2.27. The highest BCUT2D eigenvalue weighted by molar-refractivity contribution is 9.10. The number of halogens is 1. The van der Waals surface area contributed by atoms with Crippen LogP contribution in [0.3, 0.4) is 0 Å². The molecule has 0 spiro atoms. The van der Waals surface area contributed by atoms with Crippen LogP contribution in [0.2, 0.25) is 0 Å². The van der Waals surface area contributed by atoms with Crippen LogP contribution in [0.1, 0.15) is 31.6 Å². The Balaban J connectivity index is 1.98. The van der Waals surface area contributed by atoms with Gasteiger partial charge in [0.05, 0.1) is 12.6 Å². The SMILES string of the molecule is CC(c1ccc(Br)o1)N(CCO)CC1CCCN1. The number of furan rings is 1. The lowest BCUT2D eigenvalue weighted by Crippen LogP contribution is -2.40. The molecule has 2 heterocycles. The highest BCUT2D eigenvalue weighted by Crippen LogP contribution is 2.25. The summed E-state index contributed by atoms with van der Waals surface area (Å²) < 4.78 is 6.37. The molecule has 2 rings (SSSR count). The summed E-state index contributed by atoms with van der Waals surface area (Å²) in [7, 11) is 0. The van der Waals surface area contributed by atoms with Gasteiger partial charge in [0.2, 0.25) is 0 Å². The first kappa shape index (κ1) is 14.1. The third-order valence-corrected chi connectivity index (χ3v) is 3.98. The van der Waals surface area contributed by atoms with E-state index in [0.29, 0.717) is 12.6 Å². The first-order valence-electron chi connectivity index (χ1n) is 6.54. The van der Waals surface area contributed by atoms with Gasteiger partial charge in [-0.05, 0) is 54.4 Å². The van der Waals surface area contributed by atoms with Crippen molar-refractivity contribution in [3.05, 3.63) is 22.6 Å². The van der Waals surface area contributed by atoms with E-state index in [1.807, 2.05) is 12.1 Å². The Bertz CT molecular complexity index is 364. The van der Waals surface area contributed by atoms with Crippen LogP contribution in [0.15, 0.2) is 21.2 Å². The molecule has 0 bridgehead atoms. The molecule has 0 aliphatic carbocycles. The van der Waals surface area contributed by atoms with E-state index in [0.717, 1.165) is 23.5 Å². The van der Waals surface area contributed by atoms with E-state index >= 15 is 0 Å². The molecule has 1 aliphatic rings. The van der Waals surface area contributed by atoms with Gasteiger partial charge in [-0.15, -0.1) is 0 Å². The van der Waals surface area contributed by atoms with Crippen molar-refractivity contribution in [1.82, 2.24) is 10.2 Å². The summed E-state index contributed by atoms with van der Waals surface area (Å²) in [5.41, 5.74) is 0. The van der Waals surface area contributed by atoms with Crippen LogP contribution in [-0.4, -0.2) is 42.3 Å². The first-order valence-corrected chi connectivity index (χ1v) is 7.33. The third-order valence-electron chi connectivity index (χ3n) is 3.56. The van der Waals surface area contributed by atoms with Crippen LogP contribution in [0.25, 0.3) is 0 Å². The molecule has 0 amide bonds. The summed E-state index contributed by atoms with van der Waals surface area (Å²) in [6.45, 7) is 5.05. The van der Waals surface area contributed by atoms with E-state index in [-0.39, 0.29) is 12.6 Å². The molecule has 1 saturated heterocycles. The van der Waals surface area contributed by atoms with E-state index < -0.39 is 0 Å². The molecule has 0 radical (unpaired) electrons. The normalized spacial score (nSPS) is 21.7. The second-order valence-electron chi connectivity index (χ2n) is 4.83. The van der Waals surface area contributed by atoms with Crippen molar-refractivity contribution < 1.29 is 9.52 Å². The lowest BCUT2D eigenvalue weighted by Gasteiger charge is -2.29. The van der Waals surface area contributed by atoms with Gasteiger partial charge in [-0.2, -0.15) is 0 Å². The van der Waals surface area contributed by atoms with Gasteiger partial charge < -0.3 is 14.8 Å². The molecule has 1 aromatic heterocycles. The number of aliphatic hydroxyl groups excluding tert-OH is 1. The maximum atomic E-state index is 9.21. The zero-order chi connectivity index (χ0) is 13.0. The van der Waals surface area contributed by atoms with E-state index in [1.165, 1.54) is 12.8 Å². The van der Waals surface area contributed by atoms with Gasteiger partial charge in [0.25, 0.3) is 0 Å². The Morgan fingerprint density at radius 3 is 3.00 bits per heavy atom. The van der Waals surface area contributed by atoms with Crippen LogP contribution < -0.4 is 5.32 Å². The predicted molar refractivity (Wildman–Crippen MR) is 74.5 cm³/mol. The summed E-state index contributed by atoms with van der Waals surface area (Å²) in [6, 6.07) is 4.63. The Labute approximate surface area is 116 Å². The fraction of sp³-hybridized carbons (Fsp3) is 0.692. The molecule has 2 unspecified atom stereocenters. The van der Waals surface area contributed by atoms with E-state index in [2.05, 4.69) is 33.1 Å². The molecular formula is C13H21BrN2O2. The molecule has 2 N–H and O–H groups in total. The fourth-order valence-corrected chi connectivity index (χ4v) is 2.82. The number of aliphatic hydroxyl groups is 1. The molecule has 2 atom stereocenters. The molecule has 0 saturated carbocycles. The van der Waals surface area contributed by atoms with Gasteiger partial charge in [-0.25, -0.2) is 0 Å². The minimum absolute atomic E-state index is 0.180. The minimum atomic E-state index is 0.180. The van der Waals surface area contributed by atoms with Gasteiger partial charge >= 0.3 is 0 Å². The zero-order valence-electron chi connectivity index (χ0n) is 10.7. The highest BCUT2D eigenvalue weighted by Gasteiger charge is 2.23. The lowest BCUT2D eigenvalue weighted by atomic mass is 10.1. The van der Waals surface area contributed by atoms with Gasteiger partial charge in [-0.3, -0.25) is 4.90 Å². The molecular weight excluding hydrogens is 296 g/mol. The molecule has 102 valence electrons. The number of hydrogen-bond donors (Lipinski definition) is 2. The number of nitrogens with one attached hydrogen (secondary N) is 1. The van der Waals surface area contributed by atoms with Crippen LogP contribution in [0, 0.1) is 0 Å². The quantitative estimate of drug-likeness (QED) is 0.844. The van der Waals surface area contributed by atoms with Crippen molar-refractivity contribution in [3.8, 4) is 0 Å². The van der Waals surface area contributed by atoms with E-state index in [1.54, 1.807) is 0 Å². The maximum Gasteiger partial charge on any atom is 0.169 e. The largest absolute Gasteiger partial charge is 0.453 e.